The summed E-state index contributed by atoms with van der Waals surface area (Å²) >= 11 is 0. The summed E-state index contributed by atoms with van der Waals surface area (Å²) in [6.45, 7) is 0. The van der Waals surface area contributed by atoms with Crippen molar-refractivity contribution in [3.8, 4) is 11.1 Å². The first kappa shape index (κ1) is 25.3. The van der Waals surface area contributed by atoms with Gasteiger partial charge in [-0.25, -0.2) is 0 Å². The van der Waals surface area contributed by atoms with Gasteiger partial charge in [0.05, 0.1) is 16.6 Å². The van der Waals surface area contributed by atoms with Gasteiger partial charge in [0.15, 0.2) is 0 Å². The number of aryl methyl sites for hydroxylation is 1. The number of aromatic nitrogens is 1. The molecule has 0 saturated heterocycles. The fourth-order valence-electron chi connectivity index (χ4n) is 9.60. The first-order chi connectivity index (χ1) is 23.8. The van der Waals surface area contributed by atoms with E-state index in [9.17, 15) is 0 Å². The van der Waals surface area contributed by atoms with Gasteiger partial charge < -0.3 is 8.82 Å². The van der Waals surface area contributed by atoms with Crippen molar-refractivity contribution in [1.29, 1.82) is 0 Å². The maximum absolute atomic E-state index is 6.39. The maximum atomic E-state index is 6.39. The Kier molecular flexibility index (Phi) is 4.70. The monoisotopic (exact) mass is 611 g/mol. The third kappa shape index (κ3) is 3.09. The molecule has 0 N–H and O–H groups in total. The average molecular weight is 612 g/mol. The van der Waals surface area contributed by atoms with Crippen molar-refractivity contribution in [2.45, 2.75) is 25.2 Å². The molecule has 0 unspecified atom stereocenters. The molecule has 2 heteroatoms. The molecule has 3 aromatic heterocycles. The van der Waals surface area contributed by atoms with Crippen molar-refractivity contribution in [3.05, 3.63) is 150 Å². The van der Waals surface area contributed by atoms with Gasteiger partial charge in [0.25, 0.3) is 0 Å². The van der Waals surface area contributed by atoms with Gasteiger partial charge in [0.1, 0.15) is 11.2 Å². The van der Waals surface area contributed by atoms with Crippen LogP contribution in [0.15, 0.2) is 138 Å². The molecule has 48 heavy (non-hydrogen) atoms. The Morgan fingerprint density at radius 1 is 0.542 bits per heavy atom. The predicted molar refractivity (Wildman–Crippen MR) is 201 cm³/mol. The molecule has 1 aliphatic rings. The van der Waals surface area contributed by atoms with E-state index in [0.717, 1.165) is 30.4 Å². The smallest absolute Gasteiger partial charge is 0.136 e. The lowest BCUT2D eigenvalue weighted by molar-refractivity contribution is 0.617. The number of para-hydroxylation sites is 2. The molecule has 12 rings (SSSR count). The number of hydrogen-bond donors (Lipinski definition) is 0. The predicted octanol–water partition coefficient (Wildman–Crippen LogP) is 12.4. The lowest BCUT2D eigenvalue weighted by Gasteiger charge is -2.30. The lowest BCUT2D eigenvalue weighted by Crippen LogP contribution is -2.13. The molecule has 2 nitrogen and oxygen atoms in total. The van der Waals surface area contributed by atoms with Crippen LogP contribution in [0.1, 0.15) is 29.0 Å². The van der Waals surface area contributed by atoms with Crippen molar-refractivity contribution in [1.82, 2.24) is 4.40 Å². The third-order valence-electron chi connectivity index (χ3n) is 11.6. The minimum Gasteiger partial charge on any atom is -0.456 e. The molecule has 0 aliphatic heterocycles. The van der Waals surface area contributed by atoms with E-state index in [4.69, 9.17) is 4.42 Å². The Labute approximate surface area is 276 Å². The first-order valence-electron chi connectivity index (χ1n) is 17.2. The molecule has 224 valence electrons. The van der Waals surface area contributed by atoms with E-state index in [1.165, 1.54) is 98.2 Å². The van der Waals surface area contributed by atoms with Crippen LogP contribution in [-0.4, -0.2) is 4.40 Å². The quantitative estimate of drug-likeness (QED) is 0.182. The minimum atomic E-state index is 0.440. The Morgan fingerprint density at radius 3 is 2.15 bits per heavy atom. The topological polar surface area (TPSA) is 17.6 Å². The first-order valence-corrected chi connectivity index (χ1v) is 17.2. The van der Waals surface area contributed by atoms with Gasteiger partial charge in [-0.1, -0.05) is 103 Å². The van der Waals surface area contributed by atoms with E-state index in [0.29, 0.717) is 5.92 Å². The fraction of sp³-hybridized carbons (Fsp3) is 0.0870. The number of benzene rings is 8. The van der Waals surface area contributed by atoms with Gasteiger partial charge in [-0.2, -0.15) is 0 Å². The second kappa shape index (κ2) is 8.93. The van der Waals surface area contributed by atoms with Crippen LogP contribution < -0.4 is 0 Å². The maximum Gasteiger partial charge on any atom is 0.136 e. The van der Waals surface area contributed by atoms with Crippen LogP contribution in [0, 0.1) is 0 Å². The standard InChI is InChI=1S/C46H29NO/c1-2-9-29-27(8-1)25-28(30-21-22-33-32-11-6-16-40-44(32)45-36(43(33)42(29)30)14-7-17-41(45)48-40)20-18-26-19-23-39-37(24-26)35-13-5-12-34-31-10-3-4-15-38(31)47(39)46(34)35/h1-17,19,21-24,28H,18,20,25H2/t28-/m0/s1. The molecule has 0 fully saturated rings. The summed E-state index contributed by atoms with van der Waals surface area (Å²) in [7, 11) is 0. The molecule has 0 bridgehead atoms. The highest BCUT2D eigenvalue weighted by atomic mass is 16.3. The summed E-state index contributed by atoms with van der Waals surface area (Å²) < 4.78 is 8.87. The van der Waals surface area contributed by atoms with E-state index >= 15 is 0 Å². The zero-order chi connectivity index (χ0) is 31.1. The highest BCUT2D eigenvalue weighted by molar-refractivity contribution is 6.35. The second-order valence-electron chi connectivity index (χ2n) is 13.9. The van der Waals surface area contributed by atoms with E-state index in [1.807, 2.05) is 0 Å². The molecular formula is C46H29NO. The van der Waals surface area contributed by atoms with Crippen LogP contribution in [-0.2, 0) is 12.8 Å². The molecule has 11 aromatic rings. The number of hydrogen-bond acceptors (Lipinski definition) is 1. The highest BCUT2D eigenvalue weighted by Crippen LogP contribution is 2.51. The number of furan rings is 1. The molecule has 1 aliphatic carbocycles. The Balaban J connectivity index is 1.02. The Bertz CT molecular complexity index is 3100. The van der Waals surface area contributed by atoms with E-state index in [1.54, 1.807) is 0 Å². The highest BCUT2D eigenvalue weighted by Gasteiger charge is 2.29. The molecule has 1 atom stereocenters. The van der Waals surface area contributed by atoms with Gasteiger partial charge >= 0.3 is 0 Å². The Morgan fingerprint density at radius 2 is 1.23 bits per heavy atom. The van der Waals surface area contributed by atoms with Crippen LogP contribution in [0.5, 0.6) is 0 Å². The Hall–Kier alpha value is -5.86. The average Bonchev–Trinajstić information content (AvgIpc) is 3.80. The number of nitrogens with zero attached hydrogens (tertiary/aromatic N) is 1. The van der Waals surface area contributed by atoms with Crippen molar-refractivity contribution >= 4 is 81.6 Å². The summed E-state index contributed by atoms with van der Waals surface area (Å²) in [6.07, 6.45) is 3.22. The molecule has 3 heterocycles. The number of fused-ring (bicyclic) bond motifs is 13. The second-order valence-corrected chi connectivity index (χ2v) is 13.9. The molecular weight excluding hydrogens is 583 g/mol. The summed E-state index contributed by atoms with van der Waals surface area (Å²) in [6, 6.07) is 49.9. The van der Waals surface area contributed by atoms with Crippen molar-refractivity contribution in [2.24, 2.45) is 0 Å². The zero-order valence-corrected chi connectivity index (χ0v) is 26.3. The molecule has 0 amide bonds. The van der Waals surface area contributed by atoms with Gasteiger partial charge in [-0.05, 0) is 105 Å². The van der Waals surface area contributed by atoms with Crippen molar-refractivity contribution in [2.75, 3.05) is 0 Å². The number of rotatable bonds is 3. The zero-order valence-electron chi connectivity index (χ0n) is 26.3. The molecule has 0 spiro atoms. The van der Waals surface area contributed by atoms with Crippen molar-refractivity contribution < 1.29 is 4.42 Å². The van der Waals surface area contributed by atoms with Crippen LogP contribution in [0.3, 0.4) is 0 Å². The third-order valence-corrected chi connectivity index (χ3v) is 11.6. The van der Waals surface area contributed by atoms with E-state index < -0.39 is 0 Å². The lowest BCUT2D eigenvalue weighted by atomic mass is 9.74. The molecule has 8 aromatic carbocycles. The van der Waals surface area contributed by atoms with Crippen molar-refractivity contribution in [3.63, 3.8) is 0 Å². The summed E-state index contributed by atoms with van der Waals surface area (Å²) in [4.78, 5) is 0. The van der Waals surface area contributed by atoms with E-state index in [-0.39, 0.29) is 0 Å². The van der Waals surface area contributed by atoms with Gasteiger partial charge in [0.2, 0.25) is 0 Å². The van der Waals surface area contributed by atoms with Gasteiger partial charge in [-0.15, -0.1) is 0 Å². The van der Waals surface area contributed by atoms with Gasteiger partial charge in [0, 0.05) is 32.3 Å². The molecule has 0 saturated carbocycles. The van der Waals surface area contributed by atoms with Crippen LogP contribution in [0.25, 0.3) is 92.7 Å². The van der Waals surface area contributed by atoms with Crippen LogP contribution in [0.4, 0.5) is 0 Å². The summed E-state index contributed by atoms with van der Waals surface area (Å²) in [5.74, 6) is 0.440. The van der Waals surface area contributed by atoms with Crippen LogP contribution >= 0.6 is 0 Å². The normalized spacial score (nSPS) is 15.0. The summed E-state index contributed by atoms with van der Waals surface area (Å²) in [5, 5.41) is 13.2. The van der Waals surface area contributed by atoms with Crippen LogP contribution in [0.2, 0.25) is 0 Å². The van der Waals surface area contributed by atoms with E-state index in [2.05, 4.69) is 138 Å². The summed E-state index contributed by atoms with van der Waals surface area (Å²) in [5.41, 5.74) is 13.1. The van der Waals surface area contributed by atoms with Gasteiger partial charge in [-0.3, -0.25) is 0 Å². The molecule has 0 radical (unpaired) electrons. The fourth-order valence-corrected chi connectivity index (χ4v) is 9.60. The SMILES string of the molecule is c1ccc2c(c1)C[C@H](CCc1ccc3c(c1)c1cccc4c5ccccc5n3c41)c1ccc3c4cccc5oc6cccc(c3c1-2)c6c54. The minimum absolute atomic E-state index is 0.440. The largest absolute Gasteiger partial charge is 0.456 e.